The van der Waals surface area contributed by atoms with Crippen LogP contribution >= 0.6 is 0 Å². The molecule has 84 valence electrons. The second-order valence-corrected chi connectivity index (χ2v) is 3.63. The van der Waals surface area contributed by atoms with Crippen molar-refractivity contribution >= 4 is 18.3 Å². The minimum Gasteiger partial charge on any atom is -0.478 e. The number of benzene rings is 1. The van der Waals surface area contributed by atoms with Crippen LogP contribution in [0.5, 0.6) is 0 Å². The second kappa shape index (κ2) is 5.85. The molecule has 0 amide bonds. The maximum absolute atomic E-state index is 10.4. The van der Waals surface area contributed by atoms with E-state index in [1.54, 1.807) is 6.08 Å². The lowest BCUT2D eigenvalue weighted by molar-refractivity contribution is -0.131. The Kier molecular flexibility index (Phi) is 4.45. The third kappa shape index (κ3) is 4.09. The Labute approximate surface area is 94.4 Å². The topological polar surface area (TPSA) is 54.4 Å². The molecule has 3 heteroatoms. The van der Waals surface area contributed by atoms with Crippen LogP contribution in [0.1, 0.15) is 23.1 Å². The van der Waals surface area contributed by atoms with Gasteiger partial charge in [0.25, 0.3) is 0 Å². The fourth-order valence-corrected chi connectivity index (χ4v) is 1.53. The van der Waals surface area contributed by atoms with E-state index in [2.05, 4.69) is 0 Å². The van der Waals surface area contributed by atoms with Crippen molar-refractivity contribution in [1.82, 2.24) is 0 Å². The van der Waals surface area contributed by atoms with Crippen molar-refractivity contribution in [3.05, 3.63) is 41.0 Å². The van der Waals surface area contributed by atoms with E-state index < -0.39 is 5.97 Å². The number of carboxylic acids is 1. The van der Waals surface area contributed by atoms with E-state index in [9.17, 15) is 9.59 Å². The highest BCUT2D eigenvalue weighted by Crippen LogP contribution is 2.12. The van der Waals surface area contributed by atoms with E-state index in [0.29, 0.717) is 12.8 Å². The third-order valence-corrected chi connectivity index (χ3v) is 2.13. The molecule has 3 nitrogen and oxygen atoms in total. The number of carbonyl (C=O) groups excluding carboxylic acids is 1. The maximum Gasteiger partial charge on any atom is 0.328 e. The Morgan fingerprint density at radius 3 is 2.75 bits per heavy atom. The number of rotatable bonds is 5. The van der Waals surface area contributed by atoms with Gasteiger partial charge in [-0.05, 0) is 30.5 Å². The van der Waals surface area contributed by atoms with Crippen molar-refractivity contribution in [3.8, 4) is 0 Å². The average molecular weight is 218 g/mol. The Morgan fingerprint density at radius 1 is 1.38 bits per heavy atom. The molecule has 0 spiro atoms. The van der Waals surface area contributed by atoms with Crippen LogP contribution in [-0.4, -0.2) is 17.4 Å². The van der Waals surface area contributed by atoms with Crippen LogP contribution in [0.4, 0.5) is 0 Å². The molecule has 0 saturated heterocycles. The molecular formula is C13H14O3. The van der Waals surface area contributed by atoms with Crippen molar-refractivity contribution in [2.24, 2.45) is 0 Å². The van der Waals surface area contributed by atoms with Crippen molar-refractivity contribution < 1.29 is 14.7 Å². The monoisotopic (exact) mass is 218 g/mol. The zero-order valence-corrected chi connectivity index (χ0v) is 9.14. The van der Waals surface area contributed by atoms with Gasteiger partial charge in [-0.15, -0.1) is 0 Å². The van der Waals surface area contributed by atoms with E-state index in [-0.39, 0.29) is 0 Å². The highest BCUT2D eigenvalue weighted by molar-refractivity contribution is 5.85. The predicted molar refractivity (Wildman–Crippen MR) is 62.2 cm³/mol. The highest BCUT2D eigenvalue weighted by atomic mass is 16.4. The summed E-state index contributed by atoms with van der Waals surface area (Å²) in [6.45, 7) is 1.95. The van der Waals surface area contributed by atoms with Gasteiger partial charge in [-0.2, -0.15) is 0 Å². The predicted octanol–water partition coefficient (Wildman–Crippen LogP) is 2.22. The van der Waals surface area contributed by atoms with Gasteiger partial charge in [0.15, 0.2) is 0 Å². The van der Waals surface area contributed by atoms with Crippen molar-refractivity contribution in [1.29, 1.82) is 0 Å². The van der Waals surface area contributed by atoms with E-state index in [4.69, 9.17) is 5.11 Å². The lowest BCUT2D eigenvalue weighted by Gasteiger charge is -2.03. The molecule has 0 saturated carbocycles. The molecule has 1 N–H and O–H groups in total. The number of aldehydes is 1. The van der Waals surface area contributed by atoms with E-state index in [0.717, 1.165) is 29.1 Å². The maximum atomic E-state index is 10.4. The molecule has 0 fully saturated rings. The second-order valence-electron chi connectivity index (χ2n) is 3.63. The summed E-state index contributed by atoms with van der Waals surface area (Å²) in [4.78, 5) is 20.7. The number of carbonyl (C=O) groups is 2. The van der Waals surface area contributed by atoms with Gasteiger partial charge in [0.05, 0.1) is 0 Å². The SMILES string of the molecule is Cc1cc(/C=C/C(=O)O)cc(CCC=O)c1. The molecule has 16 heavy (non-hydrogen) atoms. The third-order valence-electron chi connectivity index (χ3n) is 2.13. The minimum absolute atomic E-state index is 0.492. The lowest BCUT2D eigenvalue weighted by atomic mass is 10.0. The molecule has 0 radical (unpaired) electrons. The Bertz CT molecular complexity index is 419. The average Bonchev–Trinajstić information content (AvgIpc) is 2.23. The van der Waals surface area contributed by atoms with E-state index in [1.165, 1.54) is 0 Å². The molecular weight excluding hydrogens is 204 g/mol. The molecule has 0 aromatic heterocycles. The standard InChI is InChI=1S/C13H14O3/c1-10-7-11(3-2-6-14)9-12(8-10)4-5-13(15)16/h4-9H,2-3H2,1H3,(H,15,16)/b5-4+. The number of aliphatic carboxylic acids is 1. The van der Waals surface area contributed by atoms with Crippen LogP contribution in [0.25, 0.3) is 6.08 Å². The number of hydrogen-bond donors (Lipinski definition) is 1. The van der Waals surface area contributed by atoms with Crippen molar-refractivity contribution in [2.75, 3.05) is 0 Å². The molecule has 0 atom stereocenters. The summed E-state index contributed by atoms with van der Waals surface area (Å²) in [6.07, 6.45) is 4.73. The molecule has 1 rings (SSSR count). The van der Waals surface area contributed by atoms with Gasteiger partial charge >= 0.3 is 5.97 Å². The molecule has 0 unspecified atom stereocenters. The smallest absolute Gasteiger partial charge is 0.328 e. The zero-order valence-electron chi connectivity index (χ0n) is 9.14. The Balaban J connectivity index is 2.89. The first-order valence-corrected chi connectivity index (χ1v) is 5.07. The first kappa shape index (κ1) is 12.2. The highest BCUT2D eigenvalue weighted by Gasteiger charge is 1.97. The van der Waals surface area contributed by atoms with E-state index >= 15 is 0 Å². The van der Waals surface area contributed by atoms with Crippen LogP contribution < -0.4 is 0 Å². The van der Waals surface area contributed by atoms with Crippen molar-refractivity contribution in [3.63, 3.8) is 0 Å². The summed E-state index contributed by atoms with van der Waals surface area (Å²) in [7, 11) is 0. The summed E-state index contributed by atoms with van der Waals surface area (Å²) in [5, 5.41) is 8.52. The molecule has 0 bridgehead atoms. The van der Waals surface area contributed by atoms with Gasteiger partial charge in [-0.3, -0.25) is 0 Å². The number of carboxylic acid groups (broad SMARTS) is 1. The first-order chi connectivity index (χ1) is 7.61. The van der Waals surface area contributed by atoms with E-state index in [1.807, 2.05) is 25.1 Å². The molecule has 0 aliphatic rings. The summed E-state index contributed by atoms with van der Waals surface area (Å²) in [6, 6.07) is 5.81. The fourth-order valence-electron chi connectivity index (χ4n) is 1.53. The van der Waals surface area contributed by atoms with Gasteiger partial charge in [-0.1, -0.05) is 23.8 Å². The molecule has 1 aromatic carbocycles. The van der Waals surface area contributed by atoms with Crippen LogP contribution in [0.3, 0.4) is 0 Å². The fraction of sp³-hybridized carbons (Fsp3) is 0.231. The van der Waals surface area contributed by atoms with Gasteiger partial charge in [0.1, 0.15) is 6.29 Å². The van der Waals surface area contributed by atoms with Crippen LogP contribution in [0.2, 0.25) is 0 Å². The number of aryl methyl sites for hydroxylation is 2. The quantitative estimate of drug-likeness (QED) is 0.609. The van der Waals surface area contributed by atoms with Crippen LogP contribution in [-0.2, 0) is 16.0 Å². The summed E-state index contributed by atoms with van der Waals surface area (Å²) in [5.41, 5.74) is 2.97. The summed E-state index contributed by atoms with van der Waals surface area (Å²) >= 11 is 0. The molecule has 0 aliphatic heterocycles. The van der Waals surface area contributed by atoms with Crippen molar-refractivity contribution in [2.45, 2.75) is 19.8 Å². The molecule has 0 heterocycles. The molecule has 0 aliphatic carbocycles. The summed E-state index contributed by atoms with van der Waals surface area (Å²) in [5.74, 6) is -0.962. The number of hydrogen-bond acceptors (Lipinski definition) is 2. The Morgan fingerprint density at radius 2 is 2.12 bits per heavy atom. The van der Waals surface area contributed by atoms with Gasteiger partial charge in [0.2, 0.25) is 0 Å². The Hall–Kier alpha value is -1.90. The van der Waals surface area contributed by atoms with Gasteiger partial charge in [0, 0.05) is 12.5 Å². The minimum atomic E-state index is -0.962. The first-order valence-electron chi connectivity index (χ1n) is 5.07. The normalized spacial score (nSPS) is 10.6. The van der Waals surface area contributed by atoms with Crippen LogP contribution in [0, 0.1) is 6.92 Å². The largest absolute Gasteiger partial charge is 0.478 e. The van der Waals surface area contributed by atoms with Gasteiger partial charge < -0.3 is 9.90 Å². The van der Waals surface area contributed by atoms with Gasteiger partial charge in [-0.25, -0.2) is 4.79 Å². The van der Waals surface area contributed by atoms with Crippen LogP contribution in [0.15, 0.2) is 24.3 Å². The lowest BCUT2D eigenvalue weighted by Crippen LogP contribution is -1.90. The summed E-state index contributed by atoms with van der Waals surface area (Å²) < 4.78 is 0. The molecule has 1 aromatic rings. The zero-order chi connectivity index (χ0) is 12.0.